The SMILES string of the molecule is CCOC(=O)C(C)/C(C)=N\NC(=O)CNc1ccc(C)cc1C. The van der Waals surface area contributed by atoms with E-state index in [0.29, 0.717) is 12.3 Å². The molecule has 1 aromatic carbocycles. The van der Waals surface area contributed by atoms with E-state index in [4.69, 9.17) is 4.74 Å². The number of benzene rings is 1. The highest BCUT2D eigenvalue weighted by Crippen LogP contribution is 2.15. The third kappa shape index (κ3) is 6.10. The number of rotatable bonds is 7. The molecule has 0 aliphatic rings. The van der Waals surface area contributed by atoms with Crippen LogP contribution in [0.5, 0.6) is 0 Å². The van der Waals surface area contributed by atoms with Crippen molar-refractivity contribution in [2.24, 2.45) is 11.0 Å². The lowest BCUT2D eigenvalue weighted by Gasteiger charge is -2.11. The molecule has 0 fully saturated rings. The first kappa shape index (κ1) is 18.7. The fourth-order valence-corrected chi connectivity index (χ4v) is 1.91. The van der Waals surface area contributed by atoms with Gasteiger partial charge in [0.25, 0.3) is 5.91 Å². The van der Waals surface area contributed by atoms with Crippen LogP contribution in [0.3, 0.4) is 0 Å². The van der Waals surface area contributed by atoms with Crippen molar-refractivity contribution in [2.75, 3.05) is 18.5 Å². The van der Waals surface area contributed by atoms with Crippen LogP contribution in [0.25, 0.3) is 0 Å². The maximum Gasteiger partial charge on any atom is 0.314 e. The Hall–Kier alpha value is -2.37. The lowest BCUT2D eigenvalue weighted by atomic mass is 10.1. The van der Waals surface area contributed by atoms with Crippen LogP contribution in [0, 0.1) is 19.8 Å². The molecule has 23 heavy (non-hydrogen) atoms. The summed E-state index contributed by atoms with van der Waals surface area (Å²) in [4.78, 5) is 23.4. The predicted octanol–water partition coefficient (Wildman–Crippen LogP) is 2.41. The number of hydrazone groups is 1. The highest BCUT2D eigenvalue weighted by atomic mass is 16.5. The summed E-state index contributed by atoms with van der Waals surface area (Å²) in [7, 11) is 0. The number of hydrogen-bond acceptors (Lipinski definition) is 5. The van der Waals surface area contributed by atoms with E-state index in [0.717, 1.165) is 11.3 Å². The summed E-state index contributed by atoms with van der Waals surface area (Å²) < 4.78 is 4.91. The van der Waals surface area contributed by atoms with E-state index in [2.05, 4.69) is 15.8 Å². The summed E-state index contributed by atoms with van der Waals surface area (Å²) in [6.07, 6.45) is 0. The van der Waals surface area contributed by atoms with Gasteiger partial charge in [-0.1, -0.05) is 17.7 Å². The molecule has 1 atom stereocenters. The zero-order valence-corrected chi connectivity index (χ0v) is 14.4. The highest BCUT2D eigenvalue weighted by molar-refractivity contribution is 6.00. The molecule has 126 valence electrons. The summed E-state index contributed by atoms with van der Waals surface area (Å²) in [6, 6.07) is 5.97. The lowest BCUT2D eigenvalue weighted by molar-refractivity contribution is -0.145. The van der Waals surface area contributed by atoms with Gasteiger partial charge in [-0.25, -0.2) is 5.43 Å². The Kier molecular flexibility index (Phi) is 7.25. The van der Waals surface area contributed by atoms with Crippen LogP contribution < -0.4 is 10.7 Å². The number of nitrogens with zero attached hydrogens (tertiary/aromatic N) is 1. The molecule has 1 aromatic rings. The zero-order chi connectivity index (χ0) is 17.4. The first-order valence-electron chi connectivity index (χ1n) is 7.66. The van der Waals surface area contributed by atoms with Crippen molar-refractivity contribution in [3.05, 3.63) is 29.3 Å². The second kappa shape index (κ2) is 8.92. The fraction of sp³-hybridized carbons (Fsp3) is 0.471. The second-order valence-corrected chi connectivity index (χ2v) is 5.43. The van der Waals surface area contributed by atoms with Crippen molar-refractivity contribution in [3.8, 4) is 0 Å². The third-order valence-corrected chi connectivity index (χ3v) is 3.45. The monoisotopic (exact) mass is 319 g/mol. The van der Waals surface area contributed by atoms with Gasteiger partial charge in [0, 0.05) is 11.4 Å². The van der Waals surface area contributed by atoms with Gasteiger partial charge in [-0.15, -0.1) is 0 Å². The summed E-state index contributed by atoms with van der Waals surface area (Å²) in [6.45, 7) is 9.55. The van der Waals surface area contributed by atoms with Gasteiger partial charge in [0.1, 0.15) is 0 Å². The van der Waals surface area contributed by atoms with E-state index >= 15 is 0 Å². The van der Waals surface area contributed by atoms with Crippen LogP contribution in [0.4, 0.5) is 5.69 Å². The van der Waals surface area contributed by atoms with E-state index in [-0.39, 0.29) is 18.4 Å². The maximum absolute atomic E-state index is 11.8. The number of ether oxygens (including phenoxy) is 1. The topological polar surface area (TPSA) is 79.8 Å². The molecule has 0 saturated heterocycles. The van der Waals surface area contributed by atoms with Crippen LogP contribution in [0.1, 0.15) is 31.9 Å². The Labute approximate surface area is 137 Å². The van der Waals surface area contributed by atoms with Gasteiger partial charge in [-0.2, -0.15) is 5.10 Å². The molecule has 0 aliphatic heterocycles. The predicted molar refractivity (Wildman–Crippen MR) is 91.5 cm³/mol. The number of anilines is 1. The van der Waals surface area contributed by atoms with Crippen molar-refractivity contribution in [2.45, 2.75) is 34.6 Å². The molecule has 0 heterocycles. The molecule has 0 bridgehead atoms. The standard InChI is InChI=1S/C17H25N3O3/c1-6-23-17(22)13(4)14(5)19-20-16(21)10-18-15-8-7-11(2)9-12(15)3/h7-9,13,18H,6,10H2,1-5H3,(H,20,21)/b19-14-. The van der Waals surface area contributed by atoms with Crippen LogP contribution >= 0.6 is 0 Å². The van der Waals surface area contributed by atoms with Crippen molar-refractivity contribution in [1.82, 2.24) is 5.43 Å². The number of amides is 1. The van der Waals surface area contributed by atoms with Crippen LogP contribution in [0.2, 0.25) is 0 Å². The first-order valence-corrected chi connectivity index (χ1v) is 7.66. The number of aryl methyl sites for hydroxylation is 2. The highest BCUT2D eigenvalue weighted by Gasteiger charge is 2.17. The van der Waals surface area contributed by atoms with Crippen molar-refractivity contribution in [1.29, 1.82) is 0 Å². The van der Waals surface area contributed by atoms with Crippen molar-refractivity contribution >= 4 is 23.3 Å². The number of carbonyl (C=O) groups is 2. The quantitative estimate of drug-likeness (QED) is 0.459. The number of esters is 1. The van der Waals surface area contributed by atoms with Gasteiger partial charge in [-0.05, 0) is 46.2 Å². The van der Waals surface area contributed by atoms with Gasteiger partial charge >= 0.3 is 5.97 Å². The normalized spacial score (nSPS) is 12.5. The van der Waals surface area contributed by atoms with E-state index in [1.165, 1.54) is 5.56 Å². The molecule has 2 N–H and O–H groups in total. The lowest BCUT2D eigenvalue weighted by Crippen LogP contribution is -2.29. The molecular weight excluding hydrogens is 294 g/mol. The second-order valence-electron chi connectivity index (χ2n) is 5.43. The smallest absolute Gasteiger partial charge is 0.314 e. The Morgan fingerprint density at radius 1 is 1.30 bits per heavy atom. The summed E-state index contributed by atoms with van der Waals surface area (Å²) in [5, 5.41) is 7.02. The molecule has 1 unspecified atom stereocenters. The molecule has 6 heteroatoms. The van der Waals surface area contributed by atoms with Gasteiger partial charge in [0.05, 0.1) is 19.1 Å². The minimum absolute atomic E-state index is 0.106. The Morgan fingerprint density at radius 2 is 2.00 bits per heavy atom. The molecule has 0 aliphatic carbocycles. The van der Waals surface area contributed by atoms with Gasteiger partial charge in [0.15, 0.2) is 0 Å². The third-order valence-electron chi connectivity index (χ3n) is 3.45. The minimum Gasteiger partial charge on any atom is -0.465 e. The molecule has 0 aromatic heterocycles. The van der Waals surface area contributed by atoms with E-state index in [1.54, 1.807) is 20.8 Å². The van der Waals surface area contributed by atoms with Gasteiger partial charge in [-0.3, -0.25) is 9.59 Å². The van der Waals surface area contributed by atoms with Crippen LogP contribution in [0.15, 0.2) is 23.3 Å². The first-order chi connectivity index (χ1) is 10.8. The number of hydrogen-bond donors (Lipinski definition) is 2. The molecular formula is C17H25N3O3. The largest absolute Gasteiger partial charge is 0.465 e. The maximum atomic E-state index is 11.8. The summed E-state index contributed by atoms with van der Waals surface area (Å²) >= 11 is 0. The minimum atomic E-state index is -0.484. The molecule has 0 radical (unpaired) electrons. The Morgan fingerprint density at radius 3 is 2.61 bits per heavy atom. The summed E-state index contributed by atoms with van der Waals surface area (Å²) in [5.41, 5.74) is 6.10. The number of carbonyl (C=O) groups excluding carboxylic acids is 2. The van der Waals surface area contributed by atoms with Gasteiger partial charge in [0.2, 0.25) is 0 Å². The zero-order valence-electron chi connectivity index (χ0n) is 14.4. The average Bonchev–Trinajstić information content (AvgIpc) is 2.51. The fourth-order valence-electron chi connectivity index (χ4n) is 1.91. The van der Waals surface area contributed by atoms with Crippen LogP contribution in [-0.4, -0.2) is 30.7 Å². The Balaban J connectivity index is 2.50. The molecule has 1 rings (SSSR count). The van der Waals surface area contributed by atoms with E-state index in [1.807, 2.05) is 32.0 Å². The molecule has 0 spiro atoms. The van der Waals surface area contributed by atoms with E-state index in [9.17, 15) is 9.59 Å². The van der Waals surface area contributed by atoms with Crippen LogP contribution in [-0.2, 0) is 14.3 Å². The average molecular weight is 319 g/mol. The molecule has 6 nitrogen and oxygen atoms in total. The Bertz CT molecular complexity index is 597. The van der Waals surface area contributed by atoms with Crippen molar-refractivity contribution < 1.29 is 14.3 Å². The van der Waals surface area contributed by atoms with E-state index < -0.39 is 5.92 Å². The number of nitrogens with one attached hydrogen (secondary N) is 2. The molecule has 1 amide bonds. The van der Waals surface area contributed by atoms with Gasteiger partial charge < -0.3 is 10.1 Å². The molecule has 0 saturated carbocycles. The van der Waals surface area contributed by atoms with Crippen molar-refractivity contribution in [3.63, 3.8) is 0 Å². The summed E-state index contributed by atoms with van der Waals surface area (Å²) in [5.74, 6) is -1.11.